The smallest absolute Gasteiger partial charge is 0.0182 e. The largest absolute Gasteiger partial charge is 0.255 e. The fourth-order valence-corrected chi connectivity index (χ4v) is 0.489. The highest BCUT2D eigenvalue weighted by molar-refractivity contribution is 4.57. The van der Waals surface area contributed by atoms with Crippen molar-refractivity contribution in [2.75, 3.05) is 0 Å². The van der Waals surface area contributed by atoms with Crippen LogP contribution < -0.4 is 10.9 Å². The first-order chi connectivity index (χ1) is 4.70. The first-order valence-corrected chi connectivity index (χ1v) is 4.21. The lowest BCUT2D eigenvalue weighted by atomic mass is 10.2. The Morgan fingerprint density at radius 3 is 1.40 bits per heavy atom. The standard InChI is InChI=1S/C8H20N2/c1-5-7(3)9-10-8(4)6-2/h7-10H,5-6H2,1-4H3/t7-,8-/m1/s1. The van der Waals surface area contributed by atoms with Gasteiger partial charge in [0, 0.05) is 12.1 Å². The SMILES string of the molecule is CC[C@@H](C)NN[C@H](C)CC. The number of rotatable bonds is 5. The minimum Gasteiger partial charge on any atom is -0.255 e. The third kappa shape index (κ3) is 4.77. The normalized spacial score (nSPS) is 16.8. The Morgan fingerprint density at radius 1 is 0.900 bits per heavy atom. The van der Waals surface area contributed by atoms with Crippen LogP contribution in [-0.2, 0) is 0 Å². The second-order valence-electron chi connectivity index (χ2n) is 2.91. The maximum Gasteiger partial charge on any atom is 0.0182 e. The van der Waals surface area contributed by atoms with Crippen molar-refractivity contribution in [1.29, 1.82) is 0 Å². The monoisotopic (exact) mass is 144 g/mol. The molecule has 0 aliphatic heterocycles. The summed E-state index contributed by atoms with van der Waals surface area (Å²) in [5.41, 5.74) is 6.47. The fraction of sp³-hybridized carbons (Fsp3) is 1.00. The molecule has 0 heterocycles. The van der Waals surface area contributed by atoms with Gasteiger partial charge in [-0.05, 0) is 26.7 Å². The second-order valence-corrected chi connectivity index (χ2v) is 2.91. The van der Waals surface area contributed by atoms with Crippen LogP contribution in [0.25, 0.3) is 0 Å². The number of nitrogens with one attached hydrogen (secondary N) is 2. The van der Waals surface area contributed by atoms with Gasteiger partial charge in [-0.2, -0.15) is 0 Å². The summed E-state index contributed by atoms with van der Waals surface area (Å²) < 4.78 is 0. The predicted octanol–water partition coefficient (Wildman–Crippen LogP) is 1.68. The highest BCUT2D eigenvalue weighted by Gasteiger charge is 1.98. The Kier molecular flexibility index (Phi) is 5.64. The first kappa shape index (κ1) is 9.92. The third-order valence-corrected chi connectivity index (χ3v) is 1.80. The average Bonchev–Trinajstić information content (AvgIpc) is 1.99. The van der Waals surface area contributed by atoms with Gasteiger partial charge < -0.3 is 0 Å². The molecule has 10 heavy (non-hydrogen) atoms. The molecule has 2 atom stereocenters. The van der Waals surface area contributed by atoms with Crippen LogP contribution in [0.4, 0.5) is 0 Å². The third-order valence-electron chi connectivity index (χ3n) is 1.80. The highest BCUT2D eigenvalue weighted by atomic mass is 15.4. The van der Waals surface area contributed by atoms with Crippen molar-refractivity contribution < 1.29 is 0 Å². The molecule has 0 saturated carbocycles. The molecule has 2 N–H and O–H groups in total. The van der Waals surface area contributed by atoms with Crippen LogP contribution >= 0.6 is 0 Å². The average molecular weight is 144 g/mol. The van der Waals surface area contributed by atoms with E-state index in [-0.39, 0.29) is 0 Å². The van der Waals surface area contributed by atoms with E-state index in [1.165, 1.54) is 12.8 Å². The van der Waals surface area contributed by atoms with E-state index in [0.29, 0.717) is 12.1 Å². The molecule has 0 saturated heterocycles. The van der Waals surface area contributed by atoms with E-state index in [9.17, 15) is 0 Å². The lowest BCUT2D eigenvalue weighted by Crippen LogP contribution is -2.43. The lowest BCUT2D eigenvalue weighted by Gasteiger charge is -2.16. The quantitative estimate of drug-likeness (QED) is 0.574. The fourth-order valence-electron chi connectivity index (χ4n) is 0.489. The van der Waals surface area contributed by atoms with Crippen molar-refractivity contribution in [2.45, 2.75) is 52.6 Å². The molecule has 0 aromatic carbocycles. The summed E-state index contributed by atoms with van der Waals surface area (Å²) in [4.78, 5) is 0. The van der Waals surface area contributed by atoms with Crippen molar-refractivity contribution in [2.24, 2.45) is 0 Å². The Hall–Kier alpha value is -0.0800. The van der Waals surface area contributed by atoms with Crippen LogP contribution in [0.15, 0.2) is 0 Å². The zero-order valence-corrected chi connectivity index (χ0v) is 7.57. The summed E-state index contributed by atoms with van der Waals surface area (Å²) in [6.07, 6.45) is 2.34. The van der Waals surface area contributed by atoms with Gasteiger partial charge in [0.1, 0.15) is 0 Å². The van der Waals surface area contributed by atoms with E-state index in [1.54, 1.807) is 0 Å². The molecule has 0 amide bonds. The van der Waals surface area contributed by atoms with Crippen LogP contribution in [0, 0.1) is 0 Å². The Bertz CT molecular complexity index is 63.7. The first-order valence-electron chi connectivity index (χ1n) is 4.21. The van der Waals surface area contributed by atoms with Gasteiger partial charge in [-0.15, -0.1) is 0 Å². The zero-order valence-electron chi connectivity index (χ0n) is 7.57. The second kappa shape index (κ2) is 5.69. The van der Waals surface area contributed by atoms with E-state index in [1.807, 2.05) is 0 Å². The molecule has 2 nitrogen and oxygen atoms in total. The van der Waals surface area contributed by atoms with Gasteiger partial charge >= 0.3 is 0 Å². The zero-order chi connectivity index (χ0) is 7.98. The molecule has 0 unspecified atom stereocenters. The van der Waals surface area contributed by atoms with Crippen molar-refractivity contribution in [1.82, 2.24) is 10.9 Å². The summed E-state index contributed by atoms with van der Waals surface area (Å²) in [6.45, 7) is 8.71. The molecule has 62 valence electrons. The van der Waals surface area contributed by atoms with Crippen molar-refractivity contribution >= 4 is 0 Å². The van der Waals surface area contributed by atoms with Crippen LogP contribution in [0.5, 0.6) is 0 Å². The highest BCUT2D eigenvalue weighted by Crippen LogP contribution is 1.88. The van der Waals surface area contributed by atoms with Gasteiger partial charge in [0.25, 0.3) is 0 Å². The summed E-state index contributed by atoms with van der Waals surface area (Å²) in [5, 5.41) is 0. The van der Waals surface area contributed by atoms with Crippen LogP contribution in [0.3, 0.4) is 0 Å². The molecular formula is C8H20N2. The maximum atomic E-state index is 3.23. The molecule has 0 aromatic rings. The van der Waals surface area contributed by atoms with E-state index in [4.69, 9.17) is 0 Å². The van der Waals surface area contributed by atoms with Crippen LogP contribution in [0.1, 0.15) is 40.5 Å². The Balaban J connectivity index is 3.17. The van der Waals surface area contributed by atoms with Gasteiger partial charge in [0.15, 0.2) is 0 Å². The molecule has 0 fully saturated rings. The maximum absolute atomic E-state index is 3.23. The van der Waals surface area contributed by atoms with Gasteiger partial charge in [0.05, 0.1) is 0 Å². The molecule has 0 bridgehead atoms. The van der Waals surface area contributed by atoms with Crippen LogP contribution in [0.2, 0.25) is 0 Å². The Morgan fingerprint density at radius 2 is 1.20 bits per heavy atom. The summed E-state index contributed by atoms with van der Waals surface area (Å²) in [7, 11) is 0. The van der Waals surface area contributed by atoms with Crippen molar-refractivity contribution in [3.63, 3.8) is 0 Å². The van der Waals surface area contributed by atoms with E-state index >= 15 is 0 Å². The molecular weight excluding hydrogens is 124 g/mol. The molecule has 0 spiro atoms. The summed E-state index contributed by atoms with van der Waals surface area (Å²) >= 11 is 0. The minimum atomic E-state index is 0.578. The van der Waals surface area contributed by atoms with Gasteiger partial charge in [-0.25, -0.2) is 0 Å². The van der Waals surface area contributed by atoms with Gasteiger partial charge in [-0.1, -0.05) is 13.8 Å². The molecule has 2 heteroatoms. The van der Waals surface area contributed by atoms with Gasteiger partial charge in [-0.3, -0.25) is 10.9 Å². The number of hydrogen-bond acceptors (Lipinski definition) is 2. The van der Waals surface area contributed by atoms with Gasteiger partial charge in [0.2, 0.25) is 0 Å². The summed E-state index contributed by atoms with van der Waals surface area (Å²) in [5.74, 6) is 0. The van der Waals surface area contributed by atoms with E-state index in [0.717, 1.165) is 0 Å². The minimum absolute atomic E-state index is 0.578. The number of hydrogen-bond donors (Lipinski definition) is 2. The predicted molar refractivity (Wildman–Crippen MR) is 45.8 cm³/mol. The molecule has 0 rings (SSSR count). The van der Waals surface area contributed by atoms with E-state index < -0.39 is 0 Å². The van der Waals surface area contributed by atoms with Crippen molar-refractivity contribution in [3.05, 3.63) is 0 Å². The molecule has 0 radical (unpaired) electrons. The lowest BCUT2D eigenvalue weighted by molar-refractivity contribution is 0.385. The van der Waals surface area contributed by atoms with Crippen LogP contribution in [-0.4, -0.2) is 12.1 Å². The van der Waals surface area contributed by atoms with Crippen molar-refractivity contribution in [3.8, 4) is 0 Å². The topological polar surface area (TPSA) is 24.1 Å². The summed E-state index contributed by atoms with van der Waals surface area (Å²) in [6, 6.07) is 1.16. The number of hydrazine groups is 1. The van der Waals surface area contributed by atoms with E-state index in [2.05, 4.69) is 38.5 Å². The Labute approximate surface area is 64.4 Å². The molecule has 0 aliphatic rings. The molecule has 0 aromatic heterocycles. The molecule has 0 aliphatic carbocycles.